The number of rotatable bonds is 6. The van der Waals surface area contributed by atoms with E-state index in [0.29, 0.717) is 10.8 Å². The Morgan fingerprint density at radius 3 is 2.55 bits per heavy atom. The molecule has 8 heteroatoms. The van der Waals surface area contributed by atoms with Crippen molar-refractivity contribution in [2.45, 2.75) is 0 Å². The van der Waals surface area contributed by atoms with Crippen LogP contribution in [0, 0.1) is 0 Å². The lowest BCUT2D eigenvalue weighted by atomic mass is 10.2. The van der Waals surface area contributed by atoms with Crippen molar-refractivity contribution in [1.82, 2.24) is 10.6 Å². The molecule has 0 aliphatic rings. The number of aliphatic carboxylic acids is 1. The monoisotopic (exact) mass is 300 g/mol. The number of hydrogen-bond donors (Lipinski definition) is 3. The van der Waals surface area contributed by atoms with E-state index in [0.717, 1.165) is 0 Å². The molecule has 0 fully saturated rings. The number of methoxy groups -OCH3 is 1. The van der Waals surface area contributed by atoms with Crippen molar-refractivity contribution in [2.24, 2.45) is 0 Å². The summed E-state index contributed by atoms with van der Waals surface area (Å²) >= 11 is 5.79. The lowest BCUT2D eigenvalue weighted by Gasteiger charge is -2.09. The molecule has 0 aliphatic heterocycles. The van der Waals surface area contributed by atoms with Gasteiger partial charge in [-0.25, -0.2) is 0 Å². The third-order valence-corrected chi connectivity index (χ3v) is 2.49. The molecule has 20 heavy (non-hydrogen) atoms. The van der Waals surface area contributed by atoms with Crippen LogP contribution in [0.25, 0.3) is 0 Å². The number of carbonyl (C=O) groups excluding carboxylic acids is 2. The Hall–Kier alpha value is -2.28. The van der Waals surface area contributed by atoms with Gasteiger partial charge in [0, 0.05) is 5.02 Å². The molecule has 0 spiro atoms. The number of amides is 2. The average molecular weight is 301 g/mol. The molecule has 0 saturated carbocycles. The summed E-state index contributed by atoms with van der Waals surface area (Å²) in [6, 6.07) is 4.50. The van der Waals surface area contributed by atoms with Crippen LogP contribution in [0.1, 0.15) is 10.4 Å². The molecule has 1 aromatic carbocycles. The predicted octanol–water partition coefficient (Wildman–Crippen LogP) is 0.279. The van der Waals surface area contributed by atoms with Crippen molar-refractivity contribution in [3.63, 3.8) is 0 Å². The van der Waals surface area contributed by atoms with Crippen molar-refractivity contribution in [2.75, 3.05) is 20.2 Å². The van der Waals surface area contributed by atoms with Crippen LogP contribution in [0.5, 0.6) is 5.75 Å². The van der Waals surface area contributed by atoms with Gasteiger partial charge in [0.15, 0.2) is 0 Å². The first kappa shape index (κ1) is 15.8. The summed E-state index contributed by atoms with van der Waals surface area (Å²) < 4.78 is 5.01. The van der Waals surface area contributed by atoms with Crippen LogP contribution in [0.3, 0.4) is 0 Å². The molecule has 2 amide bonds. The highest BCUT2D eigenvalue weighted by Crippen LogP contribution is 2.22. The molecule has 1 rings (SSSR count). The van der Waals surface area contributed by atoms with Crippen molar-refractivity contribution < 1.29 is 24.2 Å². The number of carboxylic acid groups (broad SMARTS) is 1. The molecule has 0 heterocycles. The molecule has 0 atom stereocenters. The van der Waals surface area contributed by atoms with Crippen LogP contribution >= 0.6 is 11.6 Å². The predicted molar refractivity (Wildman–Crippen MR) is 71.0 cm³/mol. The van der Waals surface area contributed by atoms with Crippen molar-refractivity contribution in [1.29, 1.82) is 0 Å². The van der Waals surface area contributed by atoms with E-state index in [2.05, 4.69) is 10.6 Å². The maximum absolute atomic E-state index is 11.9. The number of carboxylic acids is 1. The van der Waals surface area contributed by atoms with Crippen LogP contribution in [-0.4, -0.2) is 43.1 Å². The van der Waals surface area contributed by atoms with Gasteiger partial charge in [0.1, 0.15) is 12.3 Å². The number of nitrogens with one attached hydrogen (secondary N) is 2. The second kappa shape index (κ2) is 7.34. The minimum atomic E-state index is -1.17. The van der Waals surface area contributed by atoms with Gasteiger partial charge in [-0.3, -0.25) is 14.4 Å². The molecular weight excluding hydrogens is 288 g/mol. The Labute approximate surface area is 119 Å². The van der Waals surface area contributed by atoms with Gasteiger partial charge in [-0.2, -0.15) is 0 Å². The van der Waals surface area contributed by atoms with Crippen LogP contribution in [0.15, 0.2) is 18.2 Å². The summed E-state index contributed by atoms with van der Waals surface area (Å²) in [5, 5.41) is 13.2. The summed E-state index contributed by atoms with van der Waals surface area (Å²) in [4.78, 5) is 33.4. The molecule has 0 aliphatic carbocycles. The highest BCUT2D eigenvalue weighted by molar-refractivity contribution is 6.31. The molecule has 7 nitrogen and oxygen atoms in total. The zero-order valence-electron chi connectivity index (χ0n) is 10.6. The van der Waals surface area contributed by atoms with Gasteiger partial charge >= 0.3 is 5.97 Å². The third-order valence-electron chi connectivity index (χ3n) is 2.25. The van der Waals surface area contributed by atoms with Crippen molar-refractivity contribution in [3.05, 3.63) is 28.8 Å². The number of ether oxygens (including phenoxy) is 1. The Bertz CT molecular complexity index is 533. The minimum Gasteiger partial charge on any atom is -0.496 e. The summed E-state index contributed by atoms with van der Waals surface area (Å²) in [6.07, 6.45) is 0. The molecule has 0 unspecified atom stereocenters. The molecule has 0 aromatic heterocycles. The maximum Gasteiger partial charge on any atom is 0.322 e. The fourth-order valence-corrected chi connectivity index (χ4v) is 1.52. The Morgan fingerprint density at radius 1 is 1.25 bits per heavy atom. The van der Waals surface area contributed by atoms with E-state index in [1.54, 1.807) is 6.07 Å². The van der Waals surface area contributed by atoms with E-state index in [9.17, 15) is 14.4 Å². The molecule has 0 radical (unpaired) electrons. The van der Waals surface area contributed by atoms with Gasteiger partial charge in [-0.15, -0.1) is 0 Å². The largest absolute Gasteiger partial charge is 0.496 e. The highest BCUT2D eigenvalue weighted by Gasteiger charge is 2.14. The van der Waals surface area contributed by atoms with Crippen LogP contribution in [0.4, 0.5) is 0 Å². The zero-order valence-corrected chi connectivity index (χ0v) is 11.4. The fraction of sp³-hybridized carbons (Fsp3) is 0.250. The second-order valence-electron chi connectivity index (χ2n) is 3.70. The molecule has 1 aromatic rings. The Balaban J connectivity index is 2.61. The zero-order chi connectivity index (χ0) is 15.1. The van der Waals surface area contributed by atoms with E-state index < -0.39 is 24.3 Å². The van der Waals surface area contributed by atoms with Crippen LogP contribution < -0.4 is 15.4 Å². The average Bonchev–Trinajstić information content (AvgIpc) is 2.42. The van der Waals surface area contributed by atoms with Crippen LogP contribution in [-0.2, 0) is 9.59 Å². The summed E-state index contributed by atoms with van der Waals surface area (Å²) in [6.45, 7) is -0.850. The van der Waals surface area contributed by atoms with E-state index in [4.69, 9.17) is 21.4 Å². The van der Waals surface area contributed by atoms with Gasteiger partial charge in [0.25, 0.3) is 5.91 Å². The van der Waals surface area contributed by atoms with Crippen molar-refractivity contribution in [3.8, 4) is 5.75 Å². The van der Waals surface area contributed by atoms with Gasteiger partial charge in [0.2, 0.25) is 5.91 Å². The third kappa shape index (κ3) is 4.77. The number of halogens is 1. The minimum absolute atomic E-state index is 0.186. The molecule has 0 bridgehead atoms. The lowest BCUT2D eigenvalue weighted by molar-refractivity contribution is -0.137. The second-order valence-corrected chi connectivity index (χ2v) is 4.13. The molecule has 108 valence electrons. The maximum atomic E-state index is 11.9. The van der Waals surface area contributed by atoms with E-state index >= 15 is 0 Å². The quantitative estimate of drug-likeness (QED) is 0.700. The SMILES string of the molecule is COc1ccc(Cl)cc1C(=O)NCC(=O)NCC(=O)O. The summed E-state index contributed by atoms with van der Waals surface area (Å²) in [7, 11) is 1.40. The normalized spacial score (nSPS) is 9.70. The van der Waals surface area contributed by atoms with E-state index in [-0.39, 0.29) is 12.1 Å². The van der Waals surface area contributed by atoms with E-state index in [1.807, 2.05) is 0 Å². The molecule has 0 saturated heterocycles. The highest BCUT2D eigenvalue weighted by atomic mass is 35.5. The molecule has 3 N–H and O–H groups in total. The Kier molecular flexibility index (Phi) is 5.79. The summed E-state index contributed by atoms with van der Waals surface area (Å²) in [5.74, 6) is -2.00. The van der Waals surface area contributed by atoms with Gasteiger partial charge in [-0.05, 0) is 18.2 Å². The smallest absolute Gasteiger partial charge is 0.322 e. The first-order valence-corrected chi connectivity index (χ1v) is 5.92. The van der Waals surface area contributed by atoms with Gasteiger partial charge < -0.3 is 20.5 Å². The number of carbonyl (C=O) groups is 3. The first-order valence-electron chi connectivity index (χ1n) is 5.54. The van der Waals surface area contributed by atoms with Gasteiger partial charge in [0.05, 0.1) is 19.2 Å². The summed E-state index contributed by atoms with van der Waals surface area (Å²) in [5.41, 5.74) is 0.186. The standard InChI is InChI=1S/C12H13ClN2O5/c1-20-9-3-2-7(13)4-8(9)12(19)15-5-10(16)14-6-11(17)18/h2-4H,5-6H2,1H3,(H,14,16)(H,15,19)(H,17,18). The Morgan fingerprint density at radius 2 is 1.95 bits per heavy atom. The molecular formula is C12H13ClN2O5. The number of hydrogen-bond acceptors (Lipinski definition) is 4. The fourth-order valence-electron chi connectivity index (χ4n) is 1.35. The van der Waals surface area contributed by atoms with Gasteiger partial charge in [-0.1, -0.05) is 11.6 Å². The lowest BCUT2D eigenvalue weighted by Crippen LogP contribution is -2.39. The van der Waals surface area contributed by atoms with E-state index in [1.165, 1.54) is 19.2 Å². The van der Waals surface area contributed by atoms with Crippen molar-refractivity contribution >= 4 is 29.4 Å². The first-order chi connectivity index (χ1) is 9.43. The topological polar surface area (TPSA) is 105 Å². The number of benzene rings is 1. The van der Waals surface area contributed by atoms with Crippen LogP contribution in [0.2, 0.25) is 5.02 Å².